The van der Waals surface area contributed by atoms with E-state index in [0.29, 0.717) is 25.5 Å². The molecule has 1 aromatic carbocycles. The van der Waals surface area contributed by atoms with Gasteiger partial charge in [0.2, 0.25) is 5.91 Å². The van der Waals surface area contributed by atoms with E-state index in [1.54, 1.807) is 7.11 Å². The van der Waals surface area contributed by atoms with Crippen LogP contribution in [0.3, 0.4) is 0 Å². The van der Waals surface area contributed by atoms with Crippen LogP contribution in [0.5, 0.6) is 0 Å². The Labute approximate surface area is 134 Å². The normalized spacial score (nSPS) is 18.3. The quantitative estimate of drug-likeness (QED) is 0.775. The zero-order chi connectivity index (χ0) is 15.8. The van der Waals surface area contributed by atoms with E-state index in [9.17, 15) is 4.79 Å². The second kappa shape index (κ2) is 8.91. The first-order chi connectivity index (χ1) is 10.7. The van der Waals surface area contributed by atoms with Gasteiger partial charge in [0.05, 0.1) is 6.61 Å². The molecule has 0 saturated carbocycles. The van der Waals surface area contributed by atoms with E-state index in [2.05, 4.69) is 42.2 Å². The van der Waals surface area contributed by atoms with Crippen molar-refractivity contribution in [2.24, 2.45) is 0 Å². The minimum atomic E-state index is 0.260. The lowest BCUT2D eigenvalue weighted by atomic mass is 9.98. The number of methoxy groups -OCH3 is 1. The van der Waals surface area contributed by atoms with Crippen LogP contribution in [-0.2, 0) is 9.53 Å². The molecule has 2 rings (SSSR count). The highest BCUT2D eigenvalue weighted by molar-refractivity contribution is 5.76. The molecule has 4 heteroatoms. The summed E-state index contributed by atoms with van der Waals surface area (Å²) in [5, 5.41) is 0. The Morgan fingerprint density at radius 2 is 1.91 bits per heavy atom. The number of carbonyl (C=O) groups excluding carboxylic acids is 1. The Kier molecular flexibility index (Phi) is 6.87. The van der Waals surface area contributed by atoms with Crippen molar-refractivity contribution in [2.45, 2.75) is 25.7 Å². The number of carbonyl (C=O) groups is 1. The SMILES string of the molecule is COCCN1CCN(CCC(C)c2ccccc2)CCC1=O. The second-order valence-electron chi connectivity index (χ2n) is 6.07. The molecule has 1 saturated heterocycles. The lowest BCUT2D eigenvalue weighted by molar-refractivity contribution is -0.130. The highest BCUT2D eigenvalue weighted by Gasteiger charge is 2.20. The van der Waals surface area contributed by atoms with Crippen molar-refractivity contribution >= 4 is 5.91 Å². The van der Waals surface area contributed by atoms with E-state index in [4.69, 9.17) is 4.74 Å². The fourth-order valence-electron chi connectivity index (χ4n) is 2.90. The van der Waals surface area contributed by atoms with E-state index in [1.165, 1.54) is 5.56 Å². The van der Waals surface area contributed by atoms with Crippen molar-refractivity contribution in [3.05, 3.63) is 35.9 Å². The van der Waals surface area contributed by atoms with Crippen molar-refractivity contribution < 1.29 is 9.53 Å². The summed E-state index contributed by atoms with van der Waals surface area (Å²) < 4.78 is 5.08. The molecular formula is C18H28N2O2. The third-order valence-electron chi connectivity index (χ3n) is 4.49. The summed E-state index contributed by atoms with van der Waals surface area (Å²) in [6.45, 7) is 7.34. The summed E-state index contributed by atoms with van der Waals surface area (Å²) in [5.41, 5.74) is 1.40. The molecular weight excluding hydrogens is 276 g/mol. The van der Waals surface area contributed by atoms with Gasteiger partial charge in [-0.15, -0.1) is 0 Å². The fraction of sp³-hybridized carbons (Fsp3) is 0.611. The Balaban J connectivity index is 1.78. The lowest BCUT2D eigenvalue weighted by Gasteiger charge is -2.23. The van der Waals surface area contributed by atoms with Gasteiger partial charge in [-0.3, -0.25) is 4.79 Å². The maximum Gasteiger partial charge on any atom is 0.223 e. The van der Waals surface area contributed by atoms with Crippen LogP contribution in [-0.4, -0.2) is 62.1 Å². The molecule has 1 aromatic rings. The number of amides is 1. The van der Waals surface area contributed by atoms with Gasteiger partial charge in [0.15, 0.2) is 0 Å². The highest BCUT2D eigenvalue weighted by atomic mass is 16.5. The molecule has 0 radical (unpaired) electrons. The third kappa shape index (κ3) is 5.11. The molecule has 0 aliphatic carbocycles. The minimum Gasteiger partial charge on any atom is -0.383 e. The van der Waals surface area contributed by atoms with Crippen molar-refractivity contribution in [1.29, 1.82) is 0 Å². The van der Waals surface area contributed by atoms with Crippen molar-refractivity contribution in [2.75, 3.05) is 46.4 Å². The average Bonchev–Trinajstić information content (AvgIpc) is 2.73. The molecule has 1 fully saturated rings. The highest BCUT2D eigenvalue weighted by Crippen LogP contribution is 2.19. The van der Waals surface area contributed by atoms with Gasteiger partial charge < -0.3 is 14.5 Å². The van der Waals surface area contributed by atoms with Crippen LogP contribution in [0.2, 0.25) is 0 Å². The topological polar surface area (TPSA) is 32.8 Å². The maximum absolute atomic E-state index is 12.1. The number of benzene rings is 1. The predicted molar refractivity (Wildman–Crippen MR) is 89.0 cm³/mol. The molecule has 1 heterocycles. The summed E-state index contributed by atoms with van der Waals surface area (Å²) in [4.78, 5) is 16.4. The largest absolute Gasteiger partial charge is 0.383 e. The fourth-order valence-corrected chi connectivity index (χ4v) is 2.90. The Hall–Kier alpha value is -1.39. The lowest BCUT2D eigenvalue weighted by Crippen LogP contribution is -2.35. The summed E-state index contributed by atoms with van der Waals surface area (Å²) in [7, 11) is 1.68. The summed E-state index contributed by atoms with van der Waals surface area (Å²) >= 11 is 0. The van der Waals surface area contributed by atoms with Crippen molar-refractivity contribution in [3.8, 4) is 0 Å². The van der Waals surface area contributed by atoms with Gasteiger partial charge in [-0.05, 0) is 24.4 Å². The van der Waals surface area contributed by atoms with Crippen LogP contribution < -0.4 is 0 Å². The van der Waals surface area contributed by atoms with Crippen LogP contribution in [0.4, 0.5) is 0 Å². The Bertz CT molecular complexity index is 450. The molecule has 0 spiro atoms. The predicted octanol–water partition coefficient (Wildman–Crippen LogP) is 2.36. The van der Waals surface area contributed by atoms with Gasteiger partial charge in [0.1, 0.15) is 0 Å². The van der Waals surface area contributed by atoms with Gasteiger partial charge in [-0.2, -0.15) is 0 Å². The molecule has 0 N–H and O–H groups in total. The van der Waals surface area contributed by atoms with E-state index in [1.807, 2.05) is 4.90 Å². The van der Waals surface area contributed by atoms with E-state index in [-0.39, 0.29) is 5.91 Å². The first-order valence-electron chi connectivity index (χ1n) is 8.24. The zero-order valence-electron chi connectivity index (χ0n) is 13.8. The van der Waals surface area contributed by atoms with Gasteiger partial charge in [0, 0.05) is 39.7 Å². The minimum absolute atomic E-state index is 0.260. The number of ether oxygens (including phenoxy) is 1. The molecule has 1 amide bonds. The van der Waals surface area contributed by atoms with Crippen LogP contribution in [0.25, 0.3) is 0 Å². The van der Waals surface area contributed by atoms with Gasteiger partial charge in [-0.25, -0.2) is 0 Å². The van der Waals surface area contributed by atoms with Crippen LogP contribution >= 0.6 is 0 Å². The number of hydrogen-bond donors (Lipinski definition) is 0. The average molecular weight is 304 g/mol. The standard InChI is InChI=1S/C18H28N2O2/c1-16(17-6-4-3-5-7-17)8-10-19-11-9-18(21)20(13-12-19)14-15-22-2/h3-7,16H,8-15H2,1-2H3. The summed E-state index contributed by atoms with van der Waals surface area (Å²) in [6.07, 6.45) is 1.76. The van der Waals surface area contributed by atoms with Gasteiger partial charge in [0.25, 0.3) is 0 Å². The molecule has 1 aliphatic heterocycles. The molecule has 4 nitrogen and oxygen atoms in total. The Morgan fingerprint density at radius 1 is 1.14 bits per heavy atom. The first-order valence-corrected chi connectivity index (χ1v) is 8.24. The van der Waals surface area contributed by atoms with Gasteiger partial charge >= 0.3 is 0 Å². The number of nitrogens with zero attached hydrogens (tertiary/aromatic N) is 2. The smallest absolute Gasteiger partial charge is 0.223 e. The van der Waals surface area contributed by atoms with Crippen molar-refractivity contribution in [1.82, 2.24) is 9.80 Å². The molecule has 1 atom stereocenters. The molecule has 1 unspecified atom stereocenters. The van der Waals surface area contributed by atoms with Crippen LogP contribution in [0.15, 0.2) is 30.3 Å². The summed E-state index contributed by atoms with van der Waals surface area (Å²) in [6, 6.07) is 10.7. The van der Waals surface area contributed by atoms with E-state index in [0.717, 1.165) is 32.6 Å². The maximum atomic E-state index is 12.1. The van der Waals surface area contributed by atoms with Crippen molar-refractivity contribution in [3.63, 3.8) is 0 Å². The molecule has 22 heavy (non-hydrogen) atoms. The number of rotatable bonds is 7. The molecule has 1 aliphatic rings. The molecule has 122 valence electrons. The first kappa shape index (κ1) is 17.0. The van der Waals surface area contributed by atoms with Crippen LogP contribution in [0, 0.1) is 0 Å². The number of hydrogen-bond acceptors (Lipinski definition) is 3. The summed E-state index contributed by atoms with van der Waals surface area (Å²) in [5.74, 6) is 0.820. The Morgan fingerprint density at radius 3 is 2.64 bits per heavy atom. The zero-order valence-corrected chi connectivity index (χ0v) is 13.8. The molecule has 0 aromatic heterocycles. The van der Waals surface area contributed by atoms with E-state index < -0.39 is 0 Å². The second-order valence-corrected chi connectivity index (χ2v) is 6.07. The monoisotopic (exact) mass is 304 g/mol. The van der Waals surface area contributed by atoms with Crippen LogP contribution in [0.1, 0.15) is 31.2 Å². The van der Waals surface area contributed by atoms with E-state index >= 15 is 0 Å². The van der Waals surface area contributed by atoms with Gasteiger partial charge in [-0.1, -0.05) is 37.3 Å². The third-order valence-corrected chi connectivity index (χ3v) is 4.49. The molecule has 0 bridgehead atoms.